The summed E-state index contributed by atoms with van der Waals surface area (Å²) in [6, 6.07) is 12.9. The predicted octanol–water partition coefficient (Wildman–Crippen LogP) is 6.07. The lowest BCUT2D eigenvalue weighted by Crippen LogP contribution is -2.46. The van der Waals surface area contributed by atoms with E-state index in [9.17, 15) is 0 Å². The summed E-state index contributed by atoms with van der Waals surface area (Å²) < 4.78 is 23.1. The van der Waals surface area contributed by atoms with Gasteiger partial charge in [0, 0.05) is 9.79 Å². The normalized spacial score (nSPS) is 18.7. The van der Waals surface area contributed by atoms with E-state index < -0.39 is 0 Å². The van der Waals surface area contributed by atoms with Crippen LogP contribution in [0.15, 0.2) is 46.2 Å². The van der Waals surface area contributed by atoms with Gasteiger partial charge in [0.05, 0.1) is 50.5 Å². The van der Waals surface area contributed by atoms with Crippen LogP contribution in [0.1, 0.15) is 37.8 Å². The standard InChI is InChI=1S/C26H34O4S/c1-5-25(13-27-14-25)17-29-23-9-7-21(11-19(23)3)31-22-8-10-24(20(4)12-22)30-18-26(6-2)15-28-16-26/h7-12H,5-6,13-18H2,1-4H3. The van der Waals surface area contributed by atoms with Crippen molar-refractivity contribution in [2.24, 2.45) is 10.8 Å². The van der Waals surface area contributed by atoms with Crippen LogP contribution >= 0.6 is 11.8 Å². The van der Waals surface area contributed by atoms with Crippen LogP contribution in [0.4, 0.5) is 0 Å². The maximum absolute atomic E-state index is 6.14. The molecule has 2 aliphatic rings. The number of ether oxygens (including phenoxy) is 4. The number of hydrogen-bond acceptors (Lipinski definition) is 5. The molecule has 2 heterocycles. The molecule has 0 atom stereocenters. The van der Waals surface area contributed by atoms with E-state index in [2.05, 4.69) is 64.1 Å². The van der Waals surface area contributed by atoms with Gasteiger partial charge in [-0.2, -0.15) is 0 Å². The Morgan fingerprint density at radius 2 is 1.16 bits per heavy atom. The molecule has 168 valence electrons. The first kappa shape index (κ1) is 22.5. The zero-order valence-electron chi connectivity index (χ0n) is 19.2. The van der Waals surface area contributed by atoms with E-state index in [4.69, 9.17) is 18.9 Å². The van der Waals surface area contributed by atoms with Crippen LogP contribution < -0.4 is 9.47 Å². The van der Waals surface area contributed by atoms with Crippen molar-refractivity contribution in [2.75, 3.05) is 39.6 Å². The molecule has 0 amide bonds. The van der Waals surface area contributed by atoms with Gasteiger partial charge >= 0.3 is 0 Å². The zero-order valence-corrected chi connectivity index (χ0v) is 20.0. The minimum absolute atomic E-state index is 0.198. The summed E-state index contributed by atoms with van der Waals surface area (Å²) in [6.45, 7) is 13.3. The predicted molar refractivity (Wildman–Crippen MR) is 125 cm³/mol. The Bertz CT molecular complexity index is 818. The number of rotatable bonds is 10. The van der Waals surface area contributed by atoms with Crippen molar-refractivity contribution in [3.63, 3.8) is 0 Å². The fourth-order valence-electron chi connectivity index (χ4n) is 3.85. The maximum Gasteiger partial charge on any atom is 0.122 e. The van der Waals surface area contributed by atoms with Crippen molar-refractivity contribution in [1.82, 2.24) is 0 Å². The largest absolute Gasteiger partial charge is 0.493 e. The Morgan fingerprint density at radius 1 is 0.742 bits per heavy atom. The molecule has 2 aliphatic heterocycles. The van der Waals surface area contributed by atoms with Gasteiger partial charge in [0.25, 0.3) is 0 Å². The van der Waals surface area contributed by atoms with E-state index in [-0.39, 0.29) is 10.8 Å². The van der Waals surface area contributed by atoms with E-state index in [1.54, 1.807) is 11.8 Å². The number of benzene rings is 2. The van der Waals surface area contributed by atoms with E-state index in [1.165, 1.54) is 20.9 Å². The Hall–Kier alpha value is -1.69. The lowest BCUT2D eigenvalue weighted by molar-refractivity contribution is -0.133. The lowest BCUT2D eigenvalue weighted by atomic mass is 9.84. The summed E-state index contributed by atoms with van der Waals surface area (Å²) in [4.78, 5) is 2.43. The fraction of sp³-hybridized carbons (Fsp3) is 0.538. The maximum atomic E-state index is 6.14. The van der Waals surface area contributed by atoms with Crippen molar-refractivity contribution in [3.8, 4) is 11.5 Å². The smallest absolute Gasteiger partial charge is 0.122 e. The summed E-state index contributed by atoms with van der Waals surface area (Å²) in [7, 11) is 0. The van der Waals surface area contributed by atoms with Gasteiger partial charge < -0.3 is 18.9 Å². The van der Waals surface area contributed by atoms with Gasteiger partial charge in [-0.05, 0) is 74.2 Å². The van der Waals surface area contributed by atoms with Gasteiger partial charge in [-0.25, -0.2) is 0 Å². The lowest BCUT2D eigenvalue weighted by Gasteiger charge is -2.40. The van der Waals surface area contributed by atoms with Crippen LogP contribution in [0.2, 0.25) is 0 Å². The van der Waals surface area contributed by atoms with Crippen LogP contribution in [0.25, 0.3) is 0 Å². The summed E-state index contributed by atoms with van der Waals surface area (Å²) in [5.41, 5.74) is 2.73. The Morgan fingerprint density at radius 3 is 1.45 bits per heavy atom. The summed E-state index contributed by atoms with van der Waals surface area (Å²) in [5.74, 6) is 1.93. The summed E-state index contributed by atoms with van der Waals surface area (Å²) >= 11 is 1.77. The molecule has 0 bridgehead atoms. The monoisotopic (exact) mass is 442 g/mol. The molecule has 2 saturated heterocycles. The van der Waals surface area contributed by atoms with Crippen molar-refractivity contribution in [2.45, 2.75) is 50.3 Å². The van der Waals surface area contributed by atoms with Crippen molar-refractivity contribution in [3.05, 3.63) is 47.5 Å². The van der Waals surface area contributed by atoms with E-state index >= 15 is 0 Å². The minimum Gasteiger partial charge on any atom is -0.493 e. The molecule has 2 aromatic carbocycles. The molecule has 4 rings (SSSR count). The zero-order chi connectivity index (χ0) is 21.9. The molecule has 0 N–H and O–H groups in total. The van der Waals surface area contributed by atoms with Crippen LogP contribution in [-0.4, -0.2) is 39.6 Å². The first-order valence-electron chi connectivity index (χ1n) is 11.3. The van der Waals surface area contributed by atoms with Gasteiger partial charge in [-0.1, -0.05) is 25.6 Å². The quantitative estimate of drug-likeness (QED) is 0.447. The first-order chi connectivity index (χ1) is 15.0. The molecule has 0 aliphatic carbocycles. The third-order valence-electron chi connectivity index (χ3n) is 6.73. The van der Waals surface area contributed by atoms with E-state index in [1.807, 2.05) is 0 Å². The van der Waals surface area contributed by atoms with Crippen molar-refractivity contribution < 1.29 is 18.9 Å². The second-order valence-electron chi connectivity index (χ2n) is 9.23. The molecule has 5 heteroatoms. The highest BCUT2D eigenvalue weighted by molar-refractivity contribution is 7.99. The third-order valence-corrected chi connectivity index (χ3v) is 7.71. The van der Waals surface area contributed by atoms with Gasteiger partial charge in [-0.15, -0.1) is 0 Å². The second-order valence-corrected chi connectivity index (χ2v) is 10.4. The third kappa shape index (κ3) is 5.05. The fourth-order valence-corrected chi connectivity index (χ4v) is 4.87. The molecular formula is C26H34O4S. The molecule has 4 nitrogen and oxygen atoms in total. The molecule has 0 radical (unpaired) electrons. The molecule has 31 heavy (non-hydrogen) atoms. The van der Waals surface area contributed by atoms with Gasteiger partial charge in [0.1, 0.15) is 11.5 Å². The summed E-state index contributed by atoms with van der Waals surface area (Å²) in [6.07, 6.45) is 2.18. The van der Waals surface area contributed by atoms with Crippen LogP contribution in [0.5, 0.6) is 11.5 Å². The SMILES string of the molecule is CCC1(COc2ccc(Sc3ccc(OCC4(CC)COC4)c(C)c3)cc2C)COC1. The summed E-state index contributed by atoms with van der Waals surface area (Å²) in [5, 5.41) is 0. The van der Waals surface area contributed by atoms with Crippen molar-refractivity contribution >= 4 is 11.8 Å². The Balaban J connectivity index is 1.35. The molecule has 0 unspecified atom stereocenters. The molecule has 0 saturated carbocycles. The highest BCUT2D eigenvalue weighted by atomic mass is 32.2. The highest BCUT2D eigenvalue weighted by Crippen LogP contribution is 2.37. The van der Waals surface area contributed by atoms with E-state index in [0.29, 0.717) is 0 Å². The highest BCUT2D eigenvalue weighted by Gasteiger charge is 2.38. The minimum atomic E-state index is 0.198. The Kier molecular flexibility index (Phi) is 6.85. The van der Waals surface area contributed by atoms with Gasteiger partial charge in [-0.3, -0.25) is 0 Å². The second kappa shape index (κ2) is 9.43. The molecule has 0 aromatic heterocycles. The van der Waals surface area contributed by atoms with Crippen LogP contribution in [0, 0.1) is 24.7 Å². The molecule has 2 aromatic rings. The molecular weight excluding hydrogens is 408 g/mol. The van der Waals surface area contributed by atoms with Crippen molar-refractivity contribution in [1.29, 1.82) is 0 Å². The van der Waals surface area contributed by atoms with Gasteiger partial charge in [0.15, 0.2) is 0 Å². The average molecular weight is 443 g/mol. The van der Waals surface area contributed by atoms with E-state index in [0.717, 1.165) is 64.0 Å². The van der Waals surface area contributed by atoms with Crippen LogP contribution in [-0.2, 0) is 9.47 Å². The van der Waals surface area contributed by atoms with Crippen LogP contribution in [0.3, 0.4) is 0 Å². The number of hydrogen-bond donors (Lipinski definition) is 0. The molecule has 2 fully saturated rings. The first-order valence-corrected chi connectivity index (χ1v) is 12.1. The topological polar surface area (TPSA) is 36.9 Å². The Labute approximate surface area is 190 Å². The number of aryl methyl sites for hydroxylation is 2. The average Bonchev–Trinajstić information content (AvgIpc) is 2.70. The molecule has 0 spiro atoms. The van der Waals surface area contributed by atoms with Gasteiger partial charge in [0.2, 0.25) is 0 Å².